The number of aromatic amines is 1. The summed E-state index contributed by atoms with van der Waals surface area (Å²) in [6, 6.07) is -0.394. The van der Waals surface area contributed by atoms with E-state index >= 15 is 8.78 Å². The summed E-state index contributed by atoms with van der Waals surface area (Å²) in [6.45, 7) is -3.43. The lowest BCUT2D eigenvalue weighted by molar-refractivity contribution is 0.103. The summed E-state index contributed by atoms with van der Waals surface area (Å²) in [5, 5.41) is -0.423. The van der Waals surface area contributed by atoms with Gasteiger partial charge in [0.1, 0.15) is 11.5 Å². The van der Waals surface area contributed by atoms with Gasteiger partial charge in [-0.3, -0.25) is 14.5 Å². The second-order valence-electron chi connectivity index (χ2n) is 6.31. The molecule has 0 unspecified atom stereocenters. The molecular weight excluding hydrogens is 438 g/mol. The highest BCUT2D eigenvalue weighted by molar-refractivity contribution is 7.92. The van der Waals surface area contributed by atoms with Gasteiger partial charge in [-0.1, -0.05) is 12.9 Å². The summed E-state index contributed by atoms with van der Waals surface area (Å²) in [5.41, 5.74) is -4.07. The number of aromatic nitrogens is 3. The lowest BCUT2D eigenvalue weighted by Gasteiger charge is -2.11. The summed E-state index contributed by atoms with van der Waals surface area (Å²) >= 11 is 0. The van der Waals surface area contributed by atoms with Gasteiger partial charge in [0.2, 0.25) is 15.8 Å². The van der Waals surface area contributed by atoms with Crippen molar-refractivity contribution in [3.05, 3.63) is 77.8 Å². The molecule has 3 heterocycles. The van der Waals surface area contributed by atoms with Crippen molar-refractivity contribution in [1.29, 1.82) is 0 Å². The zero-order valence-electron chi connectivity index (χ0n) is 25.8. The molecule has 4 rings (SSSR count). The normalized spacial score (nSPS) is 16.9. The first-order chi connectivity index (χ1) is 19.3. The number of pyridine rings is 2. The number of fused-ring (bicyclic) bond motifs is 1. The molecule has 0 atom stereocenters. The molecule has 10 heteroatoms. The van der Waals surface area contributed by atoms with E-state index in [1.54, 1.807) is 0 Å². The Balaban J connectivity index is 1.91. The zero-order chi connectivity index (χ0) is 31.5. The molecule has 0 saturated carbocycles. The van der Waals surface area contributed by atoms with Crippen LogP contribution in [0, 0.1) is 11.6 Å². The van der Waals surface area contributed by atoms with Crippen LogP contribution in [-0.4, -0.2) is 34.9 Å². The van der Waals surface area contributed by atoms with Crippen LogP contribution >= 0.6 is 0 Å². The molecule has 0 fully saturated rings. The maximum Gasteiger partial charge on any atom is 0.232 e. The minimum absolute atomic E-state index is 0.135. The summed E-state index contributed by atoms with van der Waals surface area (Å²) in [4.78, 5) is 23.7. The molecule has 32 heavy (non-hydrogen) atoms. The molecule has 0 aliphatic carbocycles. The van der Waals surface area contributed by atoms with Crippen LogP contribution < -0.4 is 4.72 Å². The first-order valence-electron chi connectivity index (χ1n) is 13.7. The fourth-order valence-corrected chi connectivity index (χ4v) is 3.50. The third kappa shape index (κ3) is 4.09. The number of carbonyl (C=O) groups is 1. The van der Waals surface area contributed by atoms with Crippen LogP contribution in [0.15, 0.2) is 55.0 Å². The quantitative estimate of drug-likeness (QED) is 0.396. The number of hydrogen-bond acceptors (Lipinski definition) is 5. The number of hydrogen-bond donors (Lipinski definition) is 2. The van der Waals surface area contributed by atoms with Gasteiger partial charge in [0.05, 0.1) is 23.9 Å². The molecule has 0 amide bonds. The van der Waals surface area contributed by atoms with Crippen molar-refractivity contribution in [1.82, 2.24) is 15.0 Å². The van der Waals surface area contributed by atoms with E-state index < -0.39 is 99.1 Å². The number of nitrogens with one attached hydrogen (secondary N) is 2. The van der Waals surface area contributed by atoms with E-state index in [9.17, 15) is 13.2 Å². The third-order valence-corrected chi connectivity index (χ3v) is 5.24. The second-order valence-corrected chi connectivity index (χ2v) is 8.03. The Morgan fingerprint density at radius 3 is 2.94 bits per heavy atom. The van der Waals surface area contributed by atoms with Crippen LogP contribution in [0.1, 0.15) is 42.9 Å². The molecule has 2 N–H and O–H groups in total. The van der Waals surface area contributed by atoms with E-state index in [0.29, 0.717) is 0 Å². The van der Waals surface area contributed by atoms with Gasteiger partial charge in [0.15, 0.2) is 5.82 Å². The summed E-state index contributed by atoms with van der Waals surface area (Å²) in [5.74, 6) is -7.29. The number of nitrogens with zero attached hydrogens (tertiary/aromatic N) is 2. The van der Waals surface area contributed by atoms with Gasteiger partial charge in [0.25, 0.3) is 0 Å². The van der Waals surface area contributed by atoms with E-state index in [2.05, 4.69) is 15.0 Å². The van der Waals surface area contributed by atoms with Crippen LogP contribution in [0.2, 0.25) is 0 Å². The molecule has 1 aromatic carbocycles. The van der Waals surface area contributed by atoms with Gasteiger partial charge in [-0.05, 0) is 30.6 Å². The zero-order valence-corrected chi connectivity index (χ0v) is 16.6. The largest absolute Gasteiger partial charge is 0.345 e. The van der Waals surface area contributed by atoms with Crippen molar-refractivity contribution < 1.29 is 35.7 Å². The Morgan fingerprint density at radius 2 is 2.19 bits per heavy atom. The van der Waals surface area contributed by atoms with Crippen molar-refractivity contribution in [2.24, 2.45) is 0 Å². The fourth-order valence-electron chi connectivity index (χ4n) is 2.79. The number of halogens is 2. The lowest BCUT2D eigenvalue weighted by Crippen LogP contribution is -2.18. The Hall–Kier alpha value is -3.66. The number of carbonyl (C=O) groups excluding carboxylic acids is 1. The standard InChI is InChI=1S/C22H18F2N4O3S/c1-2-8-32(30,31)28-18-6-5-17(23)19(20(18)24)21(29)16-12-27-22-15(16)9-14(11-26-22)13-4-3-7-25-10-13/h3-7,9-12,28H,2,8H2,1H3,(H,26,27)/i1D3,2D2,5D,6D,9D,11D,12D. The molecule has 0 bridgehead atoms. The number of benzene rings is 1. The predicted molar refractivity (Wildman–Crippen MR) is 117 cm³/mol. The smallest absolute Gasteiger partial charge is 0.232 e. The van der Waals surface area contributed by atoms with Crippen LogP contribution in [0.25, 0.3) is 22.2 Å². The van der Waals surface area contributed by atoms with E-state index in [-0.39, 0.29) is 16.8 Å². The van der Waals surface area contributed by atoms with Crippen LogP contribution in [0.5, 0.6) is 0 Å². The summed E-state index contributed by atoms with van der Waals surface area (Å²) in [7, 11) is -5.11. The number of rotatable bonds is 7. The topological polar surface area (TPSA) is 105 Å². The van der Waals surface area contributed by atoms with Gasteiger partial charge in [-0.2, -0.15) is 0 Å². The van der Waals surface area contributed by atoms with E-state index in [1.807, 2.05) is 0 Å². The number of H-pyrrole nitrogens is 1. The Morgan fingerprint density at radius 1 is 1.34 bits per heavy atom. The number of anilines is 1. The van der Waals surface area contributed by atoms with Gasteiger partial charge in [-0.25, -0.2) is 22.2 Å². The molecule has 0 spiro atoms. The number of ketones is 1. The average Bonchev–Trinajstić information content (AvgIpc) is 3.20. The molecule has 0 saturated heterocycles. The summed E-state index contributed by atoms with van der Waals surface area (Å²) < 4.78 is 135. The van der Waals surface area contributed by atoms with Gasteiger partial charge < -0.3 is 4.98 Å². The van der Waals surface area contributed by atoms with Crippen LogP contribution in [0.3, 0.4) is 0 Å². The molecule has 164 valence electrons. The lowest BCUT2D eigenvalue weighted by atomic mass is 10.00. The first kappa shape index (κ1) is 12.4. The Kier molecular flexibility index (Phi) is 3.28. The molecule has 0 radical (unpaired) electrons. The maximum absolute atomic E-state index is 15.7. The third-order valence-electron chi connectivity index (χ3n) is 4.20. The van der Waals surface area contributed by atoms with Crippen molar-refractivity contribution in [2.75, 3.05) is 10.5 Å². The fraction of sp³-hybridized carbons (Fsp3) is 0.136. The van der Waals surface area contributed by atoms with Crippen LogP contribution in [-0.2, 0) is 10.0 Å². The molecule has 0 aliphatic heterocycles. The molecule has 4 aromatic rings. The van der Waals surface area contributed by atoms with Gasteiger partial charge >= 0.3 is 0 Å². The highest BCUT2D eigenvalue weighted by atomic mass is 32.2. The average molecular weight is 467 g/mol. The predicted octanol–water partition coefficient (Wildman–Crippen LogP) is 4.29. The number of sulfonamides is 1. The molecule has 0 aliphatic rings. The van der Waals surface area contributed by atoms with Crippen molar-refractivity contribution >= 4 is 32.5 Å². The van der Waals surface area contributed by atoms with E-state index in [4.69, 9.17) is 13.7 Å². The van der Waals surface area contributed by atoms with Crippen molar-refractivity contribution in [3.63, 3.8) is 0 Å². The highest BCUT2D eigenvalue weighted by Gasteiger charge is 2.26. The monoisotopic (exact) mass is 466 g/mol. The molecule has 3 aromatic heterocycles. The SMILES string of the molecule is [2H]c1nc2[nH]c([2H])c(C(=O)c3c(F)c([2H])c([2H])c(NS(=O)(=O)CC([2H])([2H])C([2H])([2H])[2H])c3F)c2c([2H])c1-c1cccnc1. The van der Waals surface area contributed by atoms with Crippen molar-refractivity contribution in [2.45, 2.75) is 13.2 Å². The second kappa shape index (κ2) is 8.46. The Bertz CT molecular complexity index is 1870. The molecule has 7 nitrogen and oxygen atoms in total. The maximum atomic E-state index is 15.7. The first-order valence-corrected chi connectivity index (χ1v) is 10.4. The molecular formula is C22H18F2N4O3S. The Labute approximate surface area is 196 Å². The van der Waals surface area contributed by atoms with Gasteiger partial charge in [0, 0.05) is 53.7 Å². The van der Waals surface area contributed by atoms with E-state index in [1.165, 1.54) is 29.2 Å². The minimum atomic E-state index is -5.11. The summed E-state index contributed by atoms with van der Waals surface area (Å²) in [6.07, 6.45) is -1.87. The van der Waals surface area contributed by atoms with Crippen LogP contribution in [0.4, 0.5) is 14.5 Å². The highest BCUT2D eigenvalue weighted by Crippen LogP contribution is 2.29. The van der Waals surface area contributed by atoms with Crippen molar-refractivity contribution in [3.8, 4) is 11.1 Å². The minimum Gasteiger partial charge on any atom is -0.345 e. The van der Waals surface area contributed by atoms with Gasteiger partial charge in [-0.15, -0.1) is 0 Å². The van der Waals surface area contributed by atoms with E-state index in [0.717, 1.165) is 0 Å².